The molecule has 6 heteroatoms. The van der Waals surface area contributed by atoms with Gasteiger partial charge in [-0.2, -0.15) is 5.10 Å². The highest BCUT2D eigenvalue weighted by Gasteiger charge is 2.16. The lowest BCUT2D eigenvalue weighted by atomic mass is 10.1. The Labute approximate surface area is 91.2 Å². The molecule has 0 radical (unpaired) electrons. The summed E-state index contributed by atoms with van der Waals surface area (Å²) in [5, 5.41) is 22.3. The van der Waals surface area contributed by atoms with Crippen LogP contribution in [-0.4, -0.2) is 30.8 Å². The minimum absolute atomic E-state index is 0.0558. The molecule has 2 aromatic rings. The molecule has 0 aliphatic carbocycles. The third-order valence-electron chi connectivity index (χ3n) is 2.49. The van der Waals surface area contributed by atoms with E-state index < -0.39 is 12.1 Å². The van der Waals surface area contributed by atoms with Crippen molar-refractivity contribution >= 4 is 11.6 Å². The predicted octanol–water partition coefficient (Wildman–Crippen LogP) is 0.789. The largest absolute Gasteiger partial charge is 0.477 e. The maximum atomic E-state index is 10.9. The van der Waals surface area contributed by atoms with E-state index in [2.05, 4.69) is 10.1 Å². The van der Waals surface area contributed by atoms with Gasteiger partial charge in [0.05, 0.1) is 12.3 Å². The van der Waals surface area contributed by atoms with E-state index in [4.69, 9.17) is 5.11 Å². The molecule has 0 aromatic carbocycles. The molecule has 2 N–H and O–H groups in total. The van der Waals surface area contributed by atoms with Crippen molar-refractivity contribution in [2.45, 2.75) is 20.0 Å². The Morgan fingerprint density at radius 2 is 2.19 bits per heavy atom. The first-order valence-corrected chi connectivity index (χ1v) is 4.77. The van der Waals surface area contributed by atoms with Gasteiger partial charge in [0.25, 0.3) is 0 Å². The number of aromatic nitrogens is 3. The quantitative estimate of drug-likeness (QED) is 0.782. The smallest absolute Gasteiger partial charge is 0.341 e. The number of aryl methyl sites for hydroxylation is 1. The van der Waals surface area contributed by atoms with Gasteiger partial charge in [0.15, 0.2) is 5.65 Å². The minimum Gasteiger partial charge on any atom is -0.477 e. The first-order chi connectivity index (χ1) is 7.52. The third-order valence-corrected chi connectivity index (χ3v) is 2.49. The first-order valence-electron chi connectivity index (χ1n) is 4.77. The zero-order chi connectivity index (χ0) is 11.9. The van der Waals surface area contributed by atoms with Crippen LogP contribution in [0.15, 0.2) is 12.4 Å². The maximum absolute atomic E-state index is 10.9. The third kappa shape index (κ3) is 1.43. The van der Waals surface area contributed by atoms with Gasteiger partial charge in [-0.25, -0.2) is 14.3 Å². The Bertz CT molecular complexity index is 560. The molecule has 0 aliphatic rings. The summed E-state index contributed by atoms with van der Waals surface area (Å²) in [6.07, 6.45) is 2.07. The Morgan fingerprint density at radius 3 is 2.75 bits per heavy atom. The van der Waals surface area contributed by atoms with Crippen LogP contribution < -0.4 is 0 Å². The lowest BCUT2D eigenvalue weighted by molar-refractivity contribution is 0.0699. The summed E-state index contributed by atoms with van der Waals surface area (Å²) < 4.78 is 1.42. The molecule has 0 bridgehead atoms. The molecular weight excluding hydrogens is 210 g/mol. The molecule has 0 spiro atoms. The number of rotatable bonds is 2. The molecule has 0 aliphatic heterocycles. The number of hydrogen-bond acceptors (Lipinski definition) is 4. The van der Waals surface area contributed by atoms with Crippen molar-refractivity contribution < 1.29 is 15.0 Å². The predicted molar refractivity (Wildman–Crippen MR) is 55.3 cm³/mol. The Balaban J connectivity index is 2.73. The van der Waals surface area contributed by atoms with Crippen molar-refractivity contribution in [2.75, 3.05) is 0 Å². The number of aliphatic hydroxyl groups is 1. The molecular formula is C10H11N3O3. The molecule has 2 rings (SSSR count). The van der Waals surface area contributed by atoms with Crippen molar-refractivity contribution in [3.05, 3.63) is 29.2 Å². The van der Waals surface area contributed by atoms with Gasteiger partial charge in [-0.3, -0.25) is 0 Å². The van der Waals surface area contributed by atoms with Crippen LogP contribution in [0.5, 0.6) is 0 Å². The number of carboxylic acid groups (broad SMARTS) is 1. The fourth-order valence-corrected chi connectivity index (χ4v) is 1.62. The monoisotopic (exact) mass is 221 g/mol. The van der Waals surface area contributed by atoms with Crippen LogP contribution >= 0.6 is 0 Å². The highest BCUT2D eigenvalue weighted by molar-refractivity contribution is 5.94. The Kier molecular flexibility index (Phi) is 2.35. The molecule has 2 heterocycles. The van der Waals surface area contributed by atoms with E-state index in [0.29, 0.717) is 11.3 Å². The van der Waals surface area contributed by atoms with Gasteiger partial charge >= 0.3 is 5.97 Å². The van der Waals surface area contributed by atoms with E-state index in [1.165, 1.54) is 16.9 Å². The number of carboxylic acids is 1. The zero-order valence-electron chi connectivity index (χ0n) is 8.88. The van der Waals surface area contributed by atoms with Crippen LogP contribution in [0, 0.1) is 6.92 Å². The van der Waals surface area contributed by atoms with E-state index >= 15 is 0 Å². The van der Waals surface area contributed by atoms with Gasteiger partial charge < -0.3 is 10.2 Å². The second kappa shape index (κ2) is 3.57. The molecule has 6 nitrogen and oxygen atoms in total. The van der Waals surface area contributed by atoms with Crippen LogP contribution in [-0.2, 0) is 0 Å². The van der Waals surface area contributed by atoms with Gasteiger partial charge in [0.2, 0.25) is 0 Å². The summed E-state index contributed by atoms with van der Waals surface area (Å²) in [6, 6.07) is 0. The second-order valence-electron chi connectivity index (χ2n) is 3.57. The SMILES string of the molecule is Cc1c([C@H](C)O)cnc2c(C(=O)O)cnn12. The molecule has 0 saturated carbocycles. The number of nitrogens with zero attached hydrogens (tertiary/aromatic N) is 3. The molecule has 0 unspecified atom stereocenters. The number of hydrogen-bond donors (Lipinski definition) is 2. The van der Waals surface area contributed by atoms with E-state index in [-0.39, 0.29) is 11.2 Å². The minimum atomic E-state index is -1.06. The average molecular weight is 221 g/mol. The van der Waals surface area contributed by atoms with Gasteiger partial charge in [-0.05, 0) is 13.8 Å². The summed E-state index contributed by atoms with van der Waals surface area (Å²) >= 11 is 0. The molecule has 2 aromatic heterocycles. The topological polar surface area (TPSA) is 87.7 Å². The van der Waals surface area contributed by atoms with Crippen molar-refractivity contribution in [2.24, 2.45) is 0 Å². The maximum Gasteiger partial charge on any atom is 0.341 e. The van der Waals surface area contributed by atoms with Gasteiger partial charge in [0, 0.05) is 17.5 Å². The van der Waals surface area contributed by atoms with E-state index in [1.807, 2.05) is 0 Å². The van der Waals surface area contributed by atoms with Crippen LogP contribution in [0.4, 0.5) is 0 Å². The normalized spacial score (nSPS) is 12.9. The van der Waals surface area contributed by atoms with Crippen molar-refractivity contribution in [1.82, 2.24) is 14.6 Å². The molecule has 0 saturated heterocycles. The van der Waals surface area contributed by atoms with Gasteiger partial charge in [-0.1, -0.05) is 0 Å². The van der Waals surface area contributed by atoms with Crippen LogP contribution in [0.25, 0.3) is 5.65 Å². The Morgan fingerprint density at radius 1 is 1.50 bits per heavy atom. The number of fused-ring (bicyclic) bond motifs is 1. The summed E-state index contributed by atoms with van der Waals surface area (Å²) in [7, 11) is 0. The highest BCUT2D eigenvalue weighted by atomic mass is 16.4. The van der Waals surface area contributed by atoms with E-state index in [1.54, 1.807) is 13.8 Å². The van der Waals surface area contributed by atoms with Gasteiger partial charge in [0.1, 0.15) is 5.56 Å². The Hall–Kier alpha value is -1.95. The molecule has 0 amide bonds. The standard InChI is InChI=1S/C10H11N3O3/c1-5-7(6(2)14)3-11-9-8(10(15)16)4-12-13(5)9/h3-4,6,14H,1-2H3,(H,15,16)/t6-/m0/s1. The van der Waals surface area contributed by atoms with Crippen molar-refractivity contribution in [3.63, 3.8) is 0 Å². The molecule has 1 atom stereocenters. The average Bonchev–Trinajstić information content (AvgIpc) is 2.61. The van der Waals surface area contributed by atoms with E-state index in [9.17, 15) is 9.90 Å². The van der Waals surface area contributed by atoms with Crippen LogP contribution in [0.1, 0.15) is 34.6 Å². The lowest BCUT2D eigenvalue weighted by Gasteiger charge is -2.09. The first kappa shape index (κ1) is 10.6. The van der Waals surface area contributed by atoms with Crippen molar-refractivity contribution in [1.29, 1.82) is 0 Å². The fourth-order valence-electron chi connectivity index (χ4n) is 1.62. The van der Waals surface area contributed by atoms with E-state index in [0.717, 1.165) is 0 Å². The van der Waals surface area contributed by atoms with Gasteiger partial charge in [-0.15, -0.1) is 0 Å². The summed E-state index contributed by atoms with van der Waals surface area (Å²) in [5.41, 5.74) is 1.66. The van der Waals surface area contributed by atoms with Crippen molar-refractivity contribution in [3.8, 4) is 0 Å². The van der Waals surface area contributed by atoms with Crippen LogP contribution in [0.3, 0.4) is 0 Å². The number of aliphatic hydroxyl groups excluding tert-OH is 1. The molecule has 0 fully saturated rings. The zero-order valence-corrected chi connectivity index (χ0v) is 8.88. The fraction of sp³-hybridized carbons (Fsp3) is 0.300. The number of carbonyl (C=O) groups is 1. The summed E-state index contributed by atoms with van der Waals surface area (Å²) in [6.45, 7) is 3.38. The highest BCUT2D eigenvalue weighted by Crippen LogP contribution is 2.18. The lowest BCUT2D eigenvalue weighted by Crippen LogP contribution is -2.05. The van der Waals surface area contributed by atoms with Crippen LogP contribution in [0.2, 0.25) is 0 Å². The number of aromatic carboxylic acids is 1. The summed E-state index contributed by atoms with van der Waals surface area (Å²) in [4.78, 5) is 14.9. The molecule has 84 valence electrons. The molecule has 16 heavy (non-hydrogen) atoms. The summed E-state index contributed by atoms with van der Waals surface area (Å²) in [5.74, 6) is -1.06. The second-order valence-corrected chi connectivity index (χ2v) is 3.57.